The lowest BCUT2D eigenvalue weighted by Crippen LogP contribution is -2.35. The first kappa shape index (κ1) is 24.7. The van der Waals surface area contributed by atoms with Crippen molar-refractivity contribution in [2.75, 3.05) is 11.1 Å². The van der Waals surface area contributed by atoms with Crippen molar-refractivity contribution in [1.82, 2.24) is 0 Å². The second kappa shape index (κ2) is 10.8. The van der Waals surface area contributed by atoms with Crippen molar-refractivity contribution in [1.29, 1.82) is 5.26 Å². The molecule has 0 radical (unpaired) electrons. The van der Waals surface area contributed by atoms with Crippen molar-refractivity contribution in [3.05, 3.63) is 71.1 Å². The number of hydrogen-bond acceptors (Lipinski definition) is 6. The van der Waals surface area contributed by atoms with Gasteiger partial charge in [-0.1, -0.05) is 38.1 Å². The fourth-order valence-electron chi connectivity index (χ4n) is 3.88. The lowest BCUT2D eigenvalue weighted by Gasteiger charge is -2.32. The molecule has 3 aromatic rings. The number of anilines is 2. The van der Waals surface area contributed by atoms with E-state index in [4.69, 9.17) is 10.3 Å². The molecule has 3 rings (SSSR count). The van der Waals surface area contributed by atoms with Crippen molar-refractivity contribution in [2.24, 2.45) is 0 Å². The predicted molar refractivity (Wildman–Crippen MR) is 133 cm³/mol. The predicted octanol–water partition coefficient (Wildman–Crippen LogP) is 5.81. The van der Waals surface area contributed by atoms with E-state index in [-0.39, 0.29) is 12.3 Å². The Morgan fingerprint density at radius 1 is 1.27 bits per heavy atom. The fraction of sp³-hybridized carbons (Fsp3) is 0.250. The highest BCUT2D eigenvalue weighted by atomic mass is 32.1. The molecule has 1 aromatic heterocycles. The van der Waals surface area contributed by atoms with Crippen molar-refractivity contribution in [3.8, 4) is 16.5 Å². The van der Waals surface area contributed by atoms with Crippen LogP contribution in [-0.2, 0) is 9.09 Å². The molecule has 0 spiro atoms. The molecule has 3 atom stereocenters. The molecule has 0 saturated carbocycles. The number of thiophene rings is 1. The smallest absolute Gasteiger partial charge is 0.318 e. The normalized spacial score (nSPS) is 14.6. The van der Waals surface area contributed by atoms with Gasteiger partial charge in [-0.05, 0) is 59.7 Å². The third-order valence-electron chi connectivity index (χ3n) is 5.64. The van der Waals surface area contributed by atoms with Crippen LogP contribution in [0.15, 0.2) is 60.0 Å². The van der Waals surface area contributed by atoms with E-state index in [1.807, 2.05) is 36.6 Å². The van der Waals surface area contributed by atoms with Crippen LogP contribution < -0.4 is 11.1 Å². The highest BCUT2D eigenvalue weighted by Gasteiger charge is 2.40. The van der Waals surface area contributed by atoms with Gasteiger partial charge in [0.1, 0.15) is 0 Å². The van der Waals surface area contributed by atoms with Crippen LogP contribution >= 0.6 is 19.6 Å². The molecule has 0 bridgehead atoms. The topological polar surface area (TPSA) is 125 Å². The van der Waals surface area contributed by atoms with Crippen LogP contribution in [0.25, 0.3) is 10.4 Å². The van der Waals surface area contributed by atoms with E-state index >= 15 is 0 Å². The first-order valence-corrected chi connectivity index (χ1v) is 12.7. The van der Waals surface area contributed by atoms with Crippen LogP contribution in [0.2, 0.25) is 0 Å². The van der Waals surface area contributed by atoms with Crippen LogP contribution in [0.1, 0.15) is 48.5 Å². The maximum absolute atomic E-state index is 12.9. The van der Waals surface area contributed by atoms with Crippen LogP contribution in [0.5, 0.6) is 0 Å². The second-order valence-corrected chi connectivity index (χ2v) is 9.22. The molecule has 33 heavy (non-hydrogen) atoms. The molecule has 4 N–H and O–H groups in total. The molecule has 0 fully saturated rings. The number of nitrogens with zero attached hydrogens (tertiary/aromatic N) is 1. The summed E-state index contributed by atoms with van der Waals surface area (Å²) in [5.74, 6) is -0.743. The minimum Gasteiger partial charge on any atom is -0.397 e. The largest absolute Gasteiger partial charge is 0.397 e. The minimum atomic E-state index is -3.30. The highest BCUT2D eigenvalue weighted by Crippen LogP contribution is 2.42. The molecule has 3 unspecified atom stereocenters. The van der Waals surface area contributed by atoms with Gasteiger partial charge < -0.3 is 15.9 Å². The number of hydrogen-bond donors (Lipinski definition) is 3. The number of nitrogens with two attached hydrogens (primary N) is 1. The van der Waals surface area contributed by atoms with E-state index in [0.717, 1.165) is 16.0 Å². The molecular formula is C24H26N3O4PS. The Morgan fingerprint density at radius 2 is 2.00 bits per heavy atom. The van der Waals surface area contributed by atoms with Crippen molar-refractivity contribution in [2.45, 2.75) is 38.2 Å². The Hall–Kier alpha value is -2.95. The van der Waals surface area contributed by atoms with Crippen LogP contribution in [0, 0.1) is 11.3 Å². The first-order valence-electron chi connectivity index (χ1n) is 10.5. The van der Waals surface area contributed by atoms with Gasteiger partial charge in [0.15, 0.2) is 5.60 Å². The molecular weight excluding hydrogens is 457 g/mol. The zero-order valence-corrected chi connectivity index (χ0v) is 20.2. The Morgan fingerprint density at radius 3 is 2.55 bits per heavy atom. The molecule has 172 valence electrons. The monoisotopic (exact) mass is 483 g/mol. The van der Waals surface area contributed by atoms with E-state index in [1.54, 1.807) is 48.6 Å². The van der Waals surface area contributed by atoms with E-state index < -0.39 is 19.8 Å². The Kier molecular flexibility index (Phi) is 8.06. The Bertz CT molecular complexity index is 1180. The van der Waals surface area contributed by atoms with Gasteiger partial charge in [0, 0.05) is 16.4 Å². The summed E-state index contributed by atoms with van der Waals surface area (Å²) in [6, 6.07) is 18.4. The zero-order chi connectivity index (χ0) is 24.0. The average Bonchev–Trinajstić information content (AvgIpc) is 3.35. The number of benzene rings is 2. The molecule has 7 nitrogen and oxygen atoms in total. The Labute approximate surface area is 197 Å². The van der Waals surface area contributed by atoms with Crippen LogP contribution in [0.3, 0.4) is 0 Å². The molecule has 0 aliphatic rings. The summed E-state index contributed by atoms with van der Waals surface area (Å²) in [5, 5.41) is 14.6. The number of carbonyl (C=O) groups is 1. The molecule has 0 aliphatic carbocycles. The quantitative estimate of drug-likeness (QED) is 0.260. The summed E-state index contributed by atoms with van der Waals surface area (Å²) in [7, 11) is -3.30. The highest BCUT2D eigenvalue weighted by molar-refractivity contribution is 7.32. The molecule has 0 saturated heterocycles. The average molecular weight is 484 g/mol. The van der Waals surface area contributed by atoms with Gasteiger partial charge in [-0.2, -0.15) is 5.26 Å². The first-order chi connectivity index (χ1) is 15.8. The van der Waals surface area contributed by atoms with E-state index in [2.05, 4.69) is 11.4 Å². The minimum absolute atomic E-state index is 0.251. The van der Waals surface area contributed by atoms with E-state index in [1.165, 1.54) is 0 Å². The molecule has 0 aliphatic heterocycles. The summed E-state index contributed by atoms with van der Waals surface area (Å²) < 4.78 is 16.6. The van der Waals surface area contributed by atoms with E-state index in [0.29, 0.717) is 23.4 Å². The number of amides is 1. The van der Waals surface area contributed by atoms with Gasteiger partial charge in [-0.3, -0.25) is 13.9 Å². The van der Waals surface area contributed by atoms with E-state index in [9.17, 15) is 19.5 Å². The lowest BCUT2D eigenvalue weighted by molar-refractivity contribution is 0.0849. The SMILES string of the molecule is CCC(c1ccc(C(=O)Nc2cc(-c3cccs3)ccc2N)cc1)C(C#N)(CC)O[PH](=O)O. The number of carbonyl (C=O) groups excluding carboxylic acids is 1. The Balaban J connectivity index is 1.82. The molecule has 2 aromatic carbocycles. The number of rotatable bonds is 9. The third kappa shape index (κ3) is 5.52. The summed E-state index contributed by atoms with van der Waals surface area (Å²) in [4.78, 5) is 23.2. The molecule has 9 heteroatoms. The lowest BCUT2D eigenvalue weighted by atomic mass is 9.79. The van der Waals surface area contributed by atoms with Crippen molar-refractivity contribution in [3.63, 3.8) is 0 Å². The van der Waals surface area contributed by atoms with Gasteiger partial charge in [-0.15, -0.1) is 11.3 Å². The van der Waals surface area contributed by atoms with Gasteiger partial charge >= 0.3 is 8.25 Å². The van der Waals surface area contributed by atoms with Gasteiger partial charge in [-0.25, -0.2) is 0 Å². The van der Waals surface area contributed by atoms with Gasteiger partial charge in [0.2, 0.25) is 0 Å². The summed E-state index contributed by atoms with van der Waals surface area (Å²) >= 11 is 1.60. The number of nitriles is 1. The second-order valence-electron chi connectivity index (χ2n) is 7.54. The summed E-state index contributed by atoms with van der Waals surface area (Å²) in [5.41, 5.74) is 7.78. The maximum Gasteiger partial charge on any atom is 0.318 e. The molecule has 1 heterocycles. The van der Waals surface area contributed by atoms with Crippen LogP contribution in [0.4, 0.5) is 11.4 Å². The third-order valence-corrected chi connectivity index (χ3v) is 7.10. The number of nitrogens with one attached hydrogen (secondary N) is 1. The molecule has 1 amide bonds. The van der Waals surface area contributed by atoms with Crippen molar-refractivity contribution < 1.29 is 18.8 Å². The fourth-order valence-corrected chi connectivity index (χ4v) is 5.25. The standard InChI is InChI=1S/C24H26N3O4PS/c1-3-19(24(4-2,15-25)31-32(29)30)16-7-9-17(10-8-16)23(28)27-21-14-18(11-12-20(21)26)22-6-5-13-33-22/h5-14,19,32H,3-4,26H2,1-2H3,(H,27,28)(H,29,30). The summed E-state index contributed by atoms with van der Waals surface area (Å²) in [6.45, 7) is 3.63. The van der Waals surface area contributed by atoms with Gasteiger partial charge in [0.05, 0.1) is 17.4 Å². The number of nitrogen functional groups attached to an aromatic ring is 1. The van der Waals surface area contributed by atoms with Gasteiger partial charge in [0.25, 0.3) is 5.91 Å². The van der Waals surface area contributed by atoms with Crippen LogP contribution in [-0.4, -0.2) is 16.4 Å². The zero-order valence-electron chi connectivity index (χ0n) is 18.4. The maximum atomic E-state index is 12.9. The summed E-state index contributed by atoms with van der Waals surface area (Å²) in [6.07, 6.45) is 0.773. The van der Waals surface area contributed by atoms with Crippen molar-refractivity contribution >= 4 is 36.9 Å².